The first-order chi connectivity index (χ1) is 13.0. The van der Waals surface area contributed by atoms with Crippen molar-refractivity contribution in [3.63, 3.8) is 0 Å². The molecule has 0 saturated carbocycles. The van der Waals surface area contributed by atoms with Crippen LogP contribution in [0.3, 0.4) is 0 Å². The standard InChI is InChI=1S/C20H12Cl2N2O3/c21-14-8-3-9-15(22)18(14)23-16(25)10-24-19(26)12-6-1-4-11-5-2-7-13(17(11)12)20(24)27/h1-9H,10H2,(H,23,25). The van der Waals surface area contributed by atoms with Gasteiger partial charge in [-0.3, -0.25) is 19.3 Å². The Kier molecular flexibility index (Phi) is 4.34. The molecular weight excluding hydrogens is 387 g/mol. The third-order valence-corrected chi connectivity index (χ3v) is 5.01. The van der Waals surface area contributed by atoms with Crippen molar-refractivity contribution >= 4 is 57.4 Å². The summed E-state index contributed by atoms with van der Waals surface area (Å²) in [6.45, 7) is -0.441. The maximum atomic E-state index is 12.8. The molecule has 0 spiro atoms. The molecular formula is C20H12Cl2N2O3. The van der Waals surface area contributed by atoms with Gasteiger partial charge in [0.25, 0.3) is 11.8 Å². The number of rotatable bonds is 3. The van der Waals surface area contributed by atoms with E-state index in [1.165, 1.54) is 0 Å². The number of imide groups is 1. The smallest absolute Gasteiger partial charge is 0.261 e. The van der Waals surface area contributed by atoms with E-state index in [1.54, 1.807) is 42.5 Å². The van der Waals surface area contributed by atoms with Gasteiger partial charge in [0.2, 0.25) is 5.91 Å². The Morgan fingerprint density at radius 2 is 1.37 bits per heavy atom. The number of anilines is 1. The number of halogens is 2. The summed E-state index contributed by atoms with van der Waals surface area (Å²) in [6.07, 6.45) is 0. The molecule has 134 valence electrons. The van der Waals surface area contributed by atoms with Gasteiger partial charge in [-0.1, -0.05) is 53.5 Å². The molecule has 1 N–H and O–H groups in total. The predicted molar refractivity (Wildman–Crippen MR) is 104 cm³/mol. The molecule has 1 aliphatic heterocycles. The summed E-state index contributed by atoms with van der Waals surface area (Å²) in [4.78, 5) is 39.0. The van der Waals surface area contributed by atoms with E-state index in [-0.39, 0.29) is 15.7 Å². The van der Waals surface area contributed by atoms with Crippen molar-refractivity contribution in [3.05, 3.63) is 75.8 Å². The van der Waals surface area contributed by atoms with Gasteiger partial charge in [-0.15, -0.1) is 0 Å². The lowest BCUT2D eigenvalue weighted by Crippen LogP contribution is -2.44. The average molecular weight is 399 g/mol. The molecule has 7 heteroatoms. The van der Waals surface area contributed by atoms with E-state index < -0.39 is 24.3 Å². The molecule has 0 saturated heterocycles. The first-order valence-corrected chi connectivity index (χ1v) is 8.85. The van der Waals surface area contributed by atoms with Gasteiger partial charge in [0.05, 0.1) is 15.7 Å². The van der Waals surface area contributed by atoms with Gasteiger partial charge in [-0.2, -0.15) is 0 Å². The summed E-state index contributed by atoms with van der Waals surface area (Å²) in [6, 6.07) is 15.3. The SMILES string of the molecule is O=C(CN1C(=O)c2cccc3cccc(c23)C1=O)Nc1c(Cl)cccc1Cl. The first-order valence-electron chi connectivity index (χ1n) is 8.09. The van der Waals surface area contributed by atoms with Crippen LogP contribution in [-0.4, -0.2) is 29.2 Å². The van der Waals surface area contributed by atoms with Crippen LogP contribution >= 0.6 is 23.2 Å². The lowest BCUT2D eigenvalue weighted by Gasteiger charge is -2.26. The monoisotopic (exact) mass is 398 g/mol. The predicted octanol–water partition coefficient (Wildman–Crippen LogP) is 4.38. The minimum atomic E-state index is -0.571. The Morgan fingerprint density at radius 3 is 1.93 bits per heavy atom. The topological polar surface area (TPSA) is 66.5 Å². The van der Waals surface area contributed by atoms with E-state index in [0.717, 1.165) is 10.3 Å². The molecule has 1 aliphatic rings. The number of carbonyl (C=O) groups is 3. The number of carbonyl (C=O) groups excluding carboxylic acids is 3. The molecule has 5 nitrogen and oxygen atoms in total. The second kappa shape index (κ2) is 6.68. The fourth-order valence-corrected chi connectivity index (χ4v) is 3.66. The van der Waals surface area contributed by atoms with Crippen LogP contribution in [0.5, 0.6) is 0 Å². The highest BCUT2D eigenvalue weighted by molar-refractivity contribution is 6.39. The van der Waals surface area contributed by atoms with Gasteiger partial charge in [0.1, 0.15) is 6.54 Å². The van der Waals surface area contributed by atoms with Crippen molar-refractivity contribution in [2.45, 2.75) is 0 Å². The second-order valence-corrected chi connectivity index (χ2v) is 6.86. The number of hydrogen-bond acceptors (Lipinski definition) is 3. The highest BCUT2D eigenvalue weighted by Crippen LogP contribution is 2.31. The van der Waals surface area contributed by atoms with Crippen molar-refractivity contribution in [2.75, 3.05) is 11.9 Å². The zero-order valence-corrected chi connectivity index (χ0v) is 15.3. The Balaban J connectivity index is 1.65. The molecule has 0 aliphatic carbocycles. The third-order valence-electron chi connectivity index (χ3n) is 4.38. The molecule has 3 aromatic rings. The summed E-state index contributed by atoms with van der Waals surface area (Å²) >= 11 is 12.1. The Morgan fingerprint density at radius 1 is 0.852 bits per heavy atom. The van der Waals surface area contributed by atoms with Crippen LogP contribution in [0.4, 0.5) is 5.69 Å². The molecule has 4 rings (SSSR count). The molecule has 0 radical (unpaired) electrons. The van der Waals surface area contributed by atoms with E-state index in [1.807, 2.05) is 12.1 Å². The maximum Gasteiger partial charge on any atom is 0.261 e. The highest BCUT2D eigenvalue weighted by atomic mass is 35.5. The number of amides is 3. The molecule has 0 fully saturated rings. The van der Waals surface area contributed by atoms with E-state index in [0.29, 0.717) is 16.5 Å². The minimum absolute atomic E-state index is 0.241. The maximum absolute atomic E-state index is 12.8. The summed E-state index contributed by atoms with van der Waals surface area (Å²) in [7, 11) is 0. The molecule has 3 amide bonds. The van der Waals surface area contributed by atoms with E-state index >= 15 is 0 Å². The van der Waals surface area contributed by atoms with Crippen LogP contribution in [0.25, 0.3) is 10.8 Å². The van der Waals surface area contributed by atoms with Crippen LogP contribution in [0, 0.1) is 0 Å². The number of para-hydroxylation sites is 1. The normalized spacial score (nSPS) is 13.2. The van der Waals surface area contributed by atoms with Crippen molar-refractivity contribution in [2.24, 2.45) is 0 Å². The molecule has 27 heavy (non-hydrogen) atoms. The Bertz CT molecular complexity index is 1060. The Hall–Kier alpha value is -2.89. The molecule has 0 aromatic heterocycles. The van der Waals surface area contributed by atoms with E-state index in [9.17, 15) is 14.4 Å². The quantitative estimate of drug-likeness (QED) is 0.665. The Labute approximate surface area is 164 Å². The van der Waals surface area contributed by atoms with Crippen LogP contribution in [-0.2, 0) is 4.79 Å². The summed E-state index contributed by atoms with van der Waals surface area (Å²) < 4.78 is 0. The van der Waals surface area contributed by atoms with Gasteiger partial charge in [-0.05, 0) is 29.7 Å². The van der Waals surface area contributed by atoms with Crippen LogP contribution in [0.1, 0.15) is 20.7 Å². The van der Waals surface area contributed by atoms with Gasteiger partial charge in [-0.25, -0.2) is 0 Å². The zero-order chi connectivity index (χ0) is 19.1. The average Bonchev–Trinajstić information content (AvgIpc) is 2.66. The highest BCUT2D eigenvalue weighted by Gasteiger charge is 2.33. The summed E-state index contributed by atoms with van der Waals surface area (Å²) in [5.74, 6) is -1.59. The second-order valence-electron chi connectivity index (χ2n) is 6.05. The number of nitrogens with zero attached hydrogens (tertiary/aromatic N) is 1. The number of benzene rings is 3. The zero-order valence-electron chi connectivity index (χ0n) is 13.8. The summed E-state index contributed by atoms with van der Waals surface area (Å²) in [5, 5.41) is 4.51. The lowest BCUT2D eigenvalue weighted by atomic mass is 9.94. The van der Waals surface area contributed by atoms with Crippen molar-refractivity contribution in [1.82, 2.24) is 4.90 Å². The first kappa shape index (κ1) is 17.5. The lowest BCUT2D eigenvalue weighted by molar-refractivity contribution is -0.116. The minimum Gasteiger partial charge on any atom is -0.322 e. The third kappa shape index (κ3) is 2.95. The van der Waals surface area contributed by atoms with Crippen LogP contribution < -0.4 is 5.32 Å². The number of hydrogen-bond donors (Lipinski definition) is 1. The molecule has 3 aromatic carbocycles. The van der Waals surface area contributed by atoms with Gasteiger partial charge in [0.15, 0.2) is 0 Å². The van der Waals surface area contributed by atoms with Crippen molar-refractivity contribution in [1.29, 1.82) is 0 Å². The van der Waals surface area contributed by atoms with Crippen LogP contribution in [0.15, 0.2) is 54.6 Å². The molecule has 0 bridgehead atoms. The largest absolute Gasteiger partial charge is 0.322 e. The fraction of sp³-hybridized carbons (Fsp3) is 0.0500. The van der Waals surface area contributed by atoms with Gasteiger partial charge < -0.3 is 5.32 Å². The van der Waals surface area contributed by atoms with E-state index in [2.05, 4.69) is 5.32 Å². The molecule has 0 atom stereocenters. The fourth-order valence-electron chi connectivity index (χ4n) is 3.16. The van der Waals surface area contributed by atoms with Gasteiger partial charge >= 0.3 is 0 Å². The molecule has 0 unspecified atom stereocenters. The molecule has 1 heterocycles. The van der Waals surface area contributed by atoms with Crippen molar-refractivity contribution < 1.29 is 14.4 Å². The van der Waals surface area contributed by atoms with E-state index in [4.69, 9.17) is 23.2 Å². The van der Waals surface area contributed by atoms with Crippen LogP contribution in [0.2, 0.25) is 10.0 Å². The van der Waals surface area contributed by atoms with Crippen molar-refractivity contribution in [3.8, 4) is 0 Å². The summed E-state index contributed by atoms with van der Waals surface area (Å²) in [5.41, 5.74) is 1.03. The van der Waals surface area contributed by atoms with Gasteiger partial charge in [0, 0.05) is 16.5 Å². The number of nitrogens with one attached hydrogen (secondary N) is 1.